The molecule has 0 N–H and O–H groups in total. The van der Waals surface area contributed by atoms with Crippen molar-refractivity contribution in [2.45, 2.75) is 51.5 Å². The van der Waals surface area contributed by atoms with Crippen LogP contribution in [0.3, 0.4) is 0 Å². The summed E-state index contributed by atoms with van der Waals surface area (Å²) in [5, 5.41) is 0. The zero-order chi connectivity index (χ0) is 15.7. The van der Waals surface area contributed by atoms with Crippen molar-refractivity contribution in [3.8, 4) is 0 Å². The van der Waals surface area contributed by atoms with Gasteiger partial charge in [-0.15, -0.1) is 0 Å². The van der Waals surface area contributed by atoms with Gasteiger partial charge in [0.1, 0.15) is 0 Å². The van der Waals surface area contributed by atoms with Gasteiger partial charge in [0, 0.05) is 13.0 Å². The number of hydrogen-bond acceptors (Lipinski definition) is 2. The lowest BCUT2D eigenvalue weighted by Crippen LogP contribution is -2.55. The summed E-state index contributed by atoms with van der Waals surface area (Å²) in [6.07, 6.45) is 3.16. The second-order valence-corrected chi connectivity index (χ2v) is 7.47. The van der Waals surface area contributed by atoms with Gasteiger partial charge in [0.05, 0.1) is 18.8 Å². The highest BCUT2D eigenvalue weighted by atomic mass is 16.5. The van der Waals surface area contributed by atoms with Gasteiger partial charge in [0.15, 0.2) is 0 Å². The van der Waals surface area contributed by atoms with Crippen molar-refractivity contribution in [1.29, 1.82) is 0 Å². The molecule has 3 rings (SSSR count). The molecule has 22 heavy (non-hydrogen) atoms. The normalized spacial score (nSPS) is 22.4. The molecular formula is C19H27NO2. The Balaban J connectivity index is 1.73. The van der Waals surface area contributed by atoms with Gasteiger partial charge in [-0.05, 0) is 51.0 Å². The van der Waals surface area contributed by atoms with E-state index in [4.69, 9.17) is 4.74 Å². The molecule has 0 bridgehead atoms. The van der Waals surface area contributed by atoms with Crippen LogP contribution >= 0.6 is 0 Å². The lowest BCUT2D eigenvalue weighted by Gasteiger charge is -2.42. The largest absolute Gasteiger partial charge is 0.377 e. The fourth-order valence-corrected chi connectivity index (χ4v) is 3.49. The number of rotatable bonds is 4. The van der Waals surface area contributed by atoms with E-state index in [9.17, 15) is 4.79 Å². The lowest BCUT2D eigenvalue weighted by atomic mass is 9.89. The van der Waals surface area contributed by atoms with Crippen LogP contribution in [0.4, 0.5) is 0 Å². The quantitative estimate of drug-likeness (QED) is 0.851. The molecule has 1 aromatic rings. The van der Waals surface area contributed by atoms with E-state index in [1.807, 2.05) is 4.90 Å². The zero-order valence-electron chi connectivity index (χ0n) is 14.0. The van der Waals surface area contributed by atoms with Gasteiger partial charge >= 0.3 is 0 Å². The molecule has 0 aromatic heterocycles. The molecule has 2 aliphatic rings. The van der Waals surface area contributed by atoms with Gasteiger partial charge in [-0.1, -0.05) is 29.8 Å². The minimum Gasteiger partial charge on any atom is -0.377 e. The molecule has 3 heteroatoms. The fraction of sp³-hybridized carbons (Fsp3) is 0.632. The summed E-state index contributed by atoms with van der Waals surface area (Å²) in [5.41, 5.74) is 2.42. The maximum atomic E-state index is 12.9. The molecule has 1 heterocycles. The first kappa shape index (κ1) is 15.5. The van der Waals surface area contributed by atoms with Gasteiger partial charge in [0.2, 0.25) is 5.91 Å². The maximum Gasteiger partial charge on any atom is 0.223 e. The summed E-state index contributed by atoms with van der Waals surface area (Å²) in [6.45, 7) is 8.32. The average molecular weight is 301 g/mol. The van der Waals surface area contributed by atoms with Crippen molar-refractivity contribution >= 4 is 5.91 Å². The standard InChI is InChI=1S/C19H27NO2/c1-14-4-6-15(7-5-14)17(16-8-9-16)12-18(21)20-10-11-22-13-19(20,2)3/h4-7,16-17H,8-13H2,1-3H3. The van der Waals surface area contributed by atoms with Gasteiger partial charge < -0.3 is 9.64 Å². The highest BCUT2D eigenvalue weighted by Gasteiger charge is 2.38. The van der Waals surface area contributed by atoms with Crippen molar-refractivity contribution in [1.82, 2.24) is 4.90 Å². The molecule has 1 aliphatic heterocycles. The third-order valence-corrected chi connectivity index (χ3v) is 5.04. The van der Waals surface area contributed by atoms with E-state index in [0.29, 0.717) is 31.5 Å². The SMILES string of the molecule is Cc1ccc(C(CC(=O)N2CCOCC2(C)C)C2CC2)cc1. The second kappa shape index (κ2) is 6.04. The number of carbonyl (C=O) groups excluding carboxylic acids is 1. The van der Waals surface area contributed by atoms with Crippen LogP contribution in [-0.2, 0) is 9.53 Å². The fourth-order valence-electron chi connectivity index (χ4n) is 3.49. The van der Waals surface area contributed by atoms with Crippen LogP contribution in [0.2, 0.25) is 0 Å². The minimum atomic E-state index is -0.184. The van der Waals surface area contributed by atoms with E-state index in [1.165, 1.54) is 24.0 Å². The van der Waals surface area contributed by atoms with Crippen LogP contribution in [0.15, 0.2) is 24.3 Å². The highest BCUT2D eigenvalue weighted by Crippen LogP contribution is 2.45. The Morgan fingerprint density at radius 1 is 1.32 bits per heavy atom. The average Bonchev–Trinajstić information content (AvgIpc) is 3.29. The number of aryl methyl sites for hydroxylation is 1. The Bertz CT molecular complexity index is 531. The molecule has 0 radical (unpaired) electrons. The summed E-state index contributed by atoms with van der Waals surface area (Å²) < 4.78 is 5.53. The number of amides is 1. The van der Waals surface area contributed by atoms with E-state index in [2.05, 4.69) is 45.0 Å². The van der Waals surface area contributed by atoms with Gasteiger partial charge in [0.25, 0.3) is 0 Å². The Labute approximate surface area is 133 Å². The van der Waals surface area contributed by atoms with Crippen molar-refractivity contribution in [2.24, 2.45) is 5.92 Å². The Kier molecular flexibility index (Phi) is 4.26. The first-order chi connectivity index (χ1) is 10.5. The number of carbonyl (C=O) groups is 1. The highest BCUT2D eigenvalue weighted by molar-refractivity contribution is 5.78. The van der Waals surface area contributed by atoms with E-state index in [1.54, 1.807) is 0 Å². The van der Waals surface area contributed by atoms with E-state index < -0.39 is 0 Å². The van der Waals surface area contributed by atoms with Gasteiger partial charge in [-0.2, -0.15) is 0 Å². The molecule has 1 aliphatic carbocycles. The monoisotopic (exact) mass is 301 g/mol. The molecule has 1 saturated carbocycles. The Morgan fingerprint density at radius 2 is 2.00 bits per heavy atom. The number of nitrogens with zero attached hydrogens (tertiary/aromatic N) is 1. The smallest absolute Gasteiger partial charge is 0.223 e. The number of hydrogen-bond donors (Lipinski definition) is 0. The molecule has 1 unspecified atom stereocenters. The summed E-state index contributed by atoms with van der Waals surface area (Å²) in [6, 6.07) is 8.73. The minimum absolute atomic E-state index is 0.184. The topological polar surface area (TPSA) is 29.5 Å². The molecule has 1 atom stereocenters. The molecular weight excluding hydrogens is 274 g/mol. The van der Waals surface area contributed by atoms with Crippen LogP contribution in [0, 0.1) is 12.8 Å². The van der Waals surface area contributed by atoms with Crippen molar-refractivity contribution in [3.05, 3.63) is 35.4 Å². The molecule has 120 valence electrons. The Hall–Kier alpha value is -1.35. The zero-order valence-corrected chi connectivity index (χ0v) is 14.0. The summed E-state index contributed by atoms with van der Waals surface area (Å²) in [5.74, 6) is 1.35. The predicted octanol–water partition coefficient (Wildman–Crippen LogP) is 3.52. The lowest BCUT2D eigenvalue weighted by molar-refractivity contribution is -0.146. The van der Waals surface area contributed by atoms with E-state index >= 15 is 0 Å². The Morgan fingerprint density at radius 3 is 2.59 bits per heavy atom. The third-order valence-electron chi connectivity index (χ3n) is 5.04. The maximum absolute atomic E-state index is 12.9. The van der Waals surface area contributed by atoms with Crippen LogP contribution in [0.1, 0.15) is 50.2 Å². The number of benzene rings is 1. The van der Waals surface area contributed by atoms with Crippen molar-refractivity contribution in [2.75, 3.05) is 19.8 Å². The summed E-state index contributed by atoms with van der Waals surface area (Å²) >= 11 is 0. The molecule has 1 saturated heterocycles. The molecule has 1 aromatic carbocycles. The second-order valence-electron chi connectivity index (χ2n) is 7.47. The van der Waals surface area contributed by atoms with Crippen molar-refractivity contribution < 1.29 is 9.53 Å². The summed E-state index contributed by atoms with van der Waals surface area (Å²) in [4.78, 5) is 14.9. The molecule has 0 spiro atoms. The van der Waals surface area contributed by atoms with Gasteiger partial charge in [-0.3, -0.25) is 4.79 Å². The number of morpholine rings is 1. The molecule has 1 amide bonds. The van der Waals surface area contributed by atoms with E-state index in [0.717, 1.165) is 6.54 Å². The molecule has 3 nitrogen and oxygen atoms in total. The van der Waals surface area contributed by atoms with E-state index in [-0.39, 0.29) is 11.4 Å². The third kappa shape index (κ3) is 3.35. The van der Waals surface area contributed by atoms with Gasteiger partial charge in [-0.25, -0.2) is 0 Å². The van der Waals surface area contributed by atoms with Crippen LogP contribution in [-0.4, -0.2) is 36.1 Å². The predicted molar refractivity (Wildman–Crippen MR) is 87.9 cm³/mol. The van der Waals surface area contributed by atoms with Crippen molar-refractivity contribution in [3.63, 3.8) is 0 Å². The van der Waals surface area contributed by atoms with Crippen LogP contribution < -0.4 is 0 Å². The van der Waals surface area contributed by atoms with Crippen LogP contribution in [0.25, 0.3) is 0 Å². The first-order valence-corrected chi connectivity index (χ1v) is 8.42. The molecule has 2 fully saturated rings. The number of ether oxygens (including phenoxy) is 1. The van der Waals surface area contributed by atoms with Crippen LogP contribution in [0.5, 0.6) is 0 Å². The summed E-state index contributed by atoms with van der Waals surface area (Å²) in [7, 11) is 0. The first-order valence-electron chi connectivity index (χ1n) is 8.42.